The Morgan fingerprint density at radius 3 is 2.97 bits per heavy atom. The van der Waals surface area contributed by atoms with E-state index in [1.807, 2.05) is 19.1 Å². The summed E-state index contributed by atoms with van der Waals surface area (Å²) in [5.41, 5.74) is 3.77. The number of halogens is 1. The fourth-order valence-electron chi connectivity index (χ4n) is 3.29. The molecule has 0 radical (unpaired) electrons. The van der Waals surface area contributed by atoms with E-state index >= 15 is 0 Å². The molecule has 0 bridgehead atoms. The molecule has 0 saturated heterocycles. The molecule has 0 spiro atoms. The zero-order valence-electron chi connectivity index (χ0n) is 16.0. The van der Waals surface area contributed by atoms with Crippen molar-refractivity contribution in [3.05, 3.63) is 65.4 Å². The molecule has 1 saturated carbocycles. The van der Waals surface area contributed by atoms with Crippen molar-refractivity contribution >= 4 is 17.2 Å². The van der Waals surface area contributed by atoms with Crippen LogP contribution in [0.4, 0.5) is 10.1 Å². The Morgan fingerprint density at radius 1 is 1.37 bits per heavy atom. The largest absolute Gasteiger partial charge is 0.392 e. The summed E-state index contributed by atoms with van der Waals surface area (Å²) >= 11 is 0. The third-order valence-electron chi connectivity index (χ3n) is 5.21. The van der Waals surface area contributed by atoms with Gasteiger partial charge in [0.15, 0.2) is 0 Å². The van der Waals surface area contributed by atoms with Crippen LogP contribution in [0.25, 0.3) is 17.0 Å². The Morgan fingerprint density at radius 2 is 2.20 bits per heavy atom. The number of aromatic nitrogens is 4. The molecule has 0 unspecified atom stereocenters. The van der Waals surface area contributed by atoms with E-state index in [9.17, 15) is 14.3 Å². The molecule has 2 N–H and O–H groups in total. The number of carbonyl (C=O) groups excluding carboxylic acids is 1. The second kappa shape index (κ2) is 7.03. The second-order valence-corrected chi connectivity index (χ2v) is 7.36. The molecule has 8 nitrogen and oxygen atoms in total. The topological polar surface area (TPSA) is 106 Å². The average Bonchev–Trinajstić information content (AvgIpc) is 3.15. The number of nitrogens with zero attached hydrogens (tertiary/aromatic N) is 4. The van der Waals surface area contributed by atoms with Crippen molar-refractivity contribution in [2.45, 2.75) is 32.0 Å². The standard InChI is InChI=1S/C21H18FN5O3/c1-11-2-3-13(19-25-21(30-26-19)14-8-15(14)22)7-16(11)24-20(29)17-9-23-18-6-12(10-28)4-5-27(17)18/h2-7,9,14-15,28H,8,10H2,1H3,(H,24,29)/t14-,15-/m0/s1. The number of amides is 1. The van der Waals surface area contributed by atoms with Crippen LogP contribution in [-0.4, -0.2) is 36.7 Å². The molecule has 0 aliphatic heterocycles. The summed E-state index contributed by atoms with van der Waals surface area (Å²) in [4.78, 5) is 21.4. The number of rotatable bonds is 5. The number of benzene rings is 1. The number of alkyl halides is 1. The number of hydrogen-bond donors (Lipinski definition) is 2. The minimum Gasteiger partial charge on any atom is -0.392 e. The van der Waals surface area contributed by atoms with Gasteiger partial charge < -0.3 is 14.9 Å². The number of aliphatic hydroxyl groups excluding tert-OH is 1. The molecule has 4 aromatic rings. The molecule has 5 rings (SSSR count). The molecule has 1 amide bonds. The van der Waals surface area contributed by atoms with Crippen LogP contribution in [0.15, 0.2) is 47.2 Å². The van der Waals surface area contributed by atoms with Gasteiger partial charge in [0, 0.05) is 17.4 Å². The van der Waals surface area contributed by atoms with E-state index in [-0.39, 0.29) is 18.4 Å². The summed E-state index contributed by atoms with van der Waals surface area (Å²) < 4.78 is 20.1. The van der Waals surface area contributed by atoms with Gasteiger partial charge in [-0.05, 0) is 42.7 Å². The minimum absolute atomic E-state index is 0.0958. The van der Waals surface area contributed by atoms with Crippen LogP contribution in [0.1, 0.15) is 39.8 Å². The summed E-state index contributed by atoms with van der Waals surface area (Å²) in [6.07, 6.45) is 2.68. The van der Waals surface area contributed by atoms with Crippen LogP contribution in [0, 0.1) is 6.92 Å². The number of nitrogens with one attached hydrogen (secondary N) is 1. The number of imidazole rings is 1. The Balaban J connectivity index is 1.41. The SMILES string of the molecule is Cc1ccc(-c2noc([C@H]3C[C@@H]3F)n2)cc1NC(=O)c1cnc2cc(CO)ccn12. The van der Waals surface area contributed by atoms with Crippen molar-refractivity contribution in [1.29, 1.82) is 0 Å². The normalized spacial score (nSPS) is 18.0. The highest BCUT2D eigenvalue weighted by molar-refractivity contribution is 6.04. The monoisotopic (exact) mass is 407 g/mol. The fraction of sp³-hybridized carbons (Fsp3) is 0.238. The van der Waals surface area contributed by atoms with E-state index in [0.717, 1.165) is 5.56 Å². The first-order valence-electron chi connectivity index (χ1n) is 9.50. The van der Waals surface area contributed by atoms with Crippen molar-refractivity contribution in [3.8, 4) is 11.4 Å². The quantitative estimate of drug-likeness (QED) is 0.526. The molecule has 1 aliphatic carbocycles. The van der Waals surface area contributed by atoms with E-state index in [1.54, 1.807) is 28.8 Å². The average molecular weight is 407 g/mol. The smallest absolute Gasteiger partial charge is 0.274 e. The molecule has 30 heavy (non-hydrogen) atoms. The lowest BCUT2D eigenvalue weighted by molar-refractivity contribution is 0.102. The van der Waals surface area contributed by atoms with Gasteiger partial charge in [-0.3, -0.25) is 9.20 Å². The molecular weight excluding hydrogens is 389 g/mol. The van der Waals surface area contributed by atoms with Crippen molar-refractivity contribution in [2.75, 3.05) is 5.32 Å². The highest BCUT2D eigenvalue weighted by Crippen LogP contribution is 2.43. The third-order valence-corrected chi connectivity index (χ3v) is 5.21. The van der Waals surface area contributed by atoms with Crippen molar-refractivity contribution in [1.82, 2.24) is 19.5 Å². The van der Waals surface area contributed by atoms with Crippen LogP contribution in [0.3, 0.4) is 0 Å². The highest BCUT2D eigenvalue weighted by atomic mass is 19.1. The van der Waals surface area contributed by atoms with Gasteiger partial charge in [0.1, 0.15) is 17.5 Å². The van der Waals surface area contributed by atoms with Gasteiger partial charge in [-0.2, -0.15) is 4.98 Å². The third kappa shape index (κ3) is 3.22. The van der Waals surface area contributed by atoms with E-state index in [0.29, 0.717) is 46.3 Å². The molecule has 1 fully saturated rings. The van der Waals surface area contributed by atoms with Crippen molar-refractivity contribution in [2.24, 2.45) is 0 Å². The van der Waals surface area contributed by atoms with Gasteiger partial charge in [-0.1, -0.05) is 17.3 Å². The molecule has 3 heterocycles. The zero-order valence-corrected chi connectivity index (χ0v) is 16.0. The minimum atomic E-state index is -0.912. The lowest BCUT2D eigenvalue weighted by Crippen LogP contribution is -2.15. The Hall–Kier alpha value is -3.59. The van der Waals surface area contributed by atoms with Crippen molar-refractivity contribution in [3.63, 3.8) is 0 Å². The predicted molar refractivity (Wildman–Crippen MR) is 106 cm³/mol. The maximum Gasteiger partial charge on any atom is 0.274 e. The molecule has 1 aliphatic rings. The Labute approximate surface area is 170 Å². The molecule has 9 heteroatoms. The van der Waals surface area contributed by atoms with Gasteiger partial charge >= 0.3 is 0 Å². The van der Waals surface area contributed by atoms with E-state index in [2.05, 4.69) is 20.4 Å². The lowest BCUT2D eigenvalue weighted by atomic mass is 10.1. The zero-order chi connectivity index (χ0) is 20.8. The number of anilines is 1. The van der Waals surface area contributed by atoms with Crippen LogP contribution < -0.4 is 5.32 Å². The maximum atomic E-state index is 13.2. The molecular formula is C21H18FN5O3. The summed E-state index contributed by atoms with van der Waals surface area (Å²) in [6.45, 7) is 1.78. The first kappa shape index (κ1) is 18.4. The number of aryl methyl sites for hydroxylation is 1. The van der Waals surface area contributed by atoms with Crippen LogP contribution in [0.2, 0.25) is 0 Å². The predicted octanol–water partition coefficient (Wildman–Crippen LogP) is 3.26. The summed E-state index contributed by atoms with van der Waals surface area (Å²) in [5.74, 6) is 0.0199. The number of fused-ring (bicyclic) bond motifs is 1. The van der Waals surface area contributed by atoms with E-state index in [4.69, 9.17) is 4.52 Å². The summed E-state index contributed by atoms with van der Waals surface area (Å²) in [5, 5.41) is 16.1. The summed E-state index contributed by atoms with van der Waals surface area (Å²) in [6, 6.07) is 8.88. The van der Waals surface area contributed by atoms with Crippen molar-refractivity contribution < 1.29 is 18.8 Å². The fourth-order valence-corrected chi connectivity index (χ4v) is 3.29. The molecule has 152 valence electrons. The van der Waals surface area contributed by atoms with Gasteiger partial charge in [0.25, 0.3) is 5.91 Å². The first-order chi connectivity index (χ1) is 14.5. The first-order valence-corrected chi connectivity index (χ1v) is 9.50. The molecule has 3 aromatic heterocycles. The summed E-state index contributed by atoms with van der Waals surface area (Å²) in [7, 11) is 0. The van der Waals surface area contributed by atoms with Gasteiger partial charge in [0.05, 0.1) is 18.7 Å². The Bertz CT molecular complexity index is 1260. The maximum absolute atomic E-state index is 13.2. The van der Waals surface area contributed by atoms with Gasteiger partial charge in [0.2, 0.25) is 11.7 Å². The molecule has 1 aromatic carbocycles. The number of pyridine rings is 1. The van der Waals surface area contributed by atoms with Gasteiger partial charge in [-0.15, -0.1) is 0 Å². The van der Waals surface area contributed by atoms with Crippen LogP contribution in [-0.2, 0) is 6.61 Å². The highest BCUT2D eigenvalue weighted by Gasteiger charge is 2.43. The number of hydrogen-bond acceptors (Lipinski definition) is 6. The second-order valence-electron chi connectivity index (χ2n) is 7.36. The van der Waals surface area contributed by atoms with Gasteiger partial charge in [-0.25, -0.2) is 9.37 Å². The van der Waals surface area contributed by atoms with Crippen LogP contribution >= 0.6 is 0 Å². The number of aliphatic hydroxyl groups is 1. The molecule has 2 atom stereocenters. The van der Waals surface area contributed by atoms with Crippen LogP contribution in [0.5, 0.6) is 0 Å². The van der Waals surface area contributed by atoms with E-state index in [1.165, 1.54) is 6.20 Å². The van der Waals surface area contributed by atoms with E-state index < -0.39 is 6.17 Å². The lowest BCUT2D eigenvalue weighted by Gasteiger charge is -2.09. The Kier molecular flexibility index (Phi) is 4.32. The number of carbonyl (C=O) groups is 1.